The fraction of sp³-hybridized carbons (Fsp3) is 1.00. The third-order valence-corrected chi connectivity index (χ3v) is 3.59. The van der Waals surface area contributed by atoms with Crippen LogP contribution in [0.25, 0.3) is 0 Å². The van der Waals surface area contributed by atoms with Crippen LogP contribution in [0.4, 0.5) is 0 Å². The quantitative estimate of drug-likeness (QED) is 0.196. The lowest BCUT2D eigenvalue weighted by Gasteiger charge is -2.06. The van der Waals surface area contributed by atoms with Crippen molar-refractivity contribution in [1.82, 2.24) is 0 Å². The standard InChI is InChI=1S/C10H20BI2O3/c12-7-3-1-5-9-15-11(14)16-10-6-2-4-8-13/h1-10H2. The molecule has 0 bridgehead atoms. The van der Waals surface area contributed by atoms with E-state index >= 15 is 0 Å². The zero-order valence-electron chi connectivity index (χ0n) is 9.63. The van der Waals surface area contributed by atoms with Crippen molar-refractivity contribution in [2.45, 2.75) is 38.5 Å². The summed E-state index contributed by atoms with van der Waals surface area (Å²) in [6.07, 6.45) is 6.58. The van der Waals surface area contributed by atoms with Crippen LogP contribution in [-0.2, 0) is 14.3 Å². The van der Waals surface area contributed by atoms with Gasteiger partial charge in [0, 0.05) is 13.2 Å². The summed E-state index contributed by atoms with van der Waals surface area (Å²) in [6, 6.07) is 0. The van der Waals surface area contributed by atoms with Gasteiger partial charge in [0.15, 0.2) is 0 Å². The fourth-order valence-corrected chi connectivity index (χ4v) is 2.23. The second kappa shape index (κ2) is 14.5. The Bertz CT molecular complexity index is 127. The number of alkyl halides is 2. The molecule has 0 aliphatic heterocycles. The van der Waals surface area contributed by atoms with Gasteiger partial charge in [-0.1, -0.05) is 58.0 Å². The zero-order chi connectivity index (χ0) is 12.1. The van der Waals surface area contributed by atoms with E-state index < -0.39 is 7.32 Å². The molecule has 1 radical (unpaired) electrons. The molecule has 0 unspecified atom stereocenters. The van der Waals surface area contributed by atoms with E-state index in [9.17, 15) is 5.02 Å². The molecule has 16 heavy (non-hydrogen) atoms. The van der Waals surface area contributed by atoms with E-state index in [0.717, 1.165) is 25.7 Å². The molecule has 0 aliphatic carbocycles. The summed E-state index contributed by atoms with van der Waals surface area (Å²) < 4.78 is 12.4. The van der Waals surface area contributed by atoms with E-state index in [1.165, 1.54) is 21.7 Å². The van der Waals surface area contributed by atoms with Gasteiger partial charge < -0.3 is 9.31 Å². The third kappa shape index (κ3) is 13.5. The summed E-state index contributed by atoms with van der Waals surface area (Å²) in [5.74, 6) is 0. The molecule has 0 N–H and O–H groups in total. The molecule has 0 amide bonds. The second-order valence-electron chi connectivity index (χ2n) is 3.53. The number of hydrogen-bond acceptors (Lipinski definition) is 2. The van der Waals surface area contributed by atoms with Gasteiger partial charge in [0.25, 0.3) is 0 Å². The second-order valence-corrected chi connectivity index (χ2v) is 5.69. The van der Waals surface area contributed by atoms with Crippen molar-refractivity contribution in [2.24, 2.45) is 0 Å². The first kappa shape index (κ1) is 17.4. The van der Waals surface area contributed by atoms with Crippen molar-refractivity contribution in [3.63, 3.8) is 0 Å². The highest BCUT2D eigenvalue weighted by Crippen LogP contribution is 2.02. The molecule has 0 aromatic heterocycles. The van der Waals surface area contributed by atoms with Gasteiger partial charge in [-0.2, -0.15) is 0 Å². The van der Waals surface area contributed by atoms with E-state index in [4.69, 9.17) is 9.31 Å². The van der Waals surface area contributed by atoms with Crippen LogP contribution in [0.2, 0.25) is 0 Å². The number of halogens is 2. The molecule has 0 aliphatic rings. The highest BCUT2D eigenvalue weighted by atomic mass is 127. The van der Waals surface area contributed by atoms with Crippen molar-refractivity contribution >= 4 is 52.5 Å². The first-order chi connectivity index (χ1) is 7.81. The highest BCUT2D eigenvalue weighted by Gasteiger charge is 2.16. The van der Waals surface area contributed by atoms with Crippen LogP contribution in [-0.4, -0.2) is 29.4 Å². The SMILES string of the molecule is [O]B(OCCCCCI)OCCCCCI. The molecule has 0 saturated carbocycles. The van der Waals surface area contributed by atoms with Crippen LogP contribution in [0, 0.1) is 0 Å². The zero-order valence-corrected chi connectivity index (χ0v) is 13.9. The van der Waals surface area contributed by atoms with Crippen molar-refractivity contribution in [3.05, 3.63) is 0 Å². The van der Waals surface area contributed by atoms with Gasteiger partial charge in [-0.25, -0.2) is 5.02 Å². The van der Waals surface area contributed by atoms with Crippen LogP contribution >= 0.6 is 45.2 Å². The Morgan fingerprint density at radius 2 is 1.19 bits per heavy atom. The topological polar surface area (TPSA) is 38.4 Å². The van der Waals surface area contributed by atoms with Gasteiger partial charge in [-0.15, -0.1) is 0 Å². The summed E-state index contributed by atoms with van der Waals surface area (Å²) in [7, 11) is -1.28. The molecular formula is C10H20BI2O3. The normalized spacial score (nSPS) is 10.7. The van der Waals surface area contributed by atoms with Gasteiger partial charge in [0.05, 0.1) is 0 Å². The Morgan fingerprint density at radius 1 is 0.750 bits per heavy atom. The highest BCUT2D eigenvalue weighted by molar-refractivity contribution is 14.1. The predicted molar refractivity (Wildman–Crippen MR) is 83.8 cm³/mol. The summed E-state index contributed by atoms with van der Waals surface area (Å²) in [4.78, 5) is 0. The van der Waals surface area contributed by atoms with E-state index in [1.807, 2.05) is 0 Å². The molecule has 3 nitrogen and oxygen atoms in total. The van der Waals surface area contributed by atoms with Gasteiger partial charge in [0.2, 0.25) is 0 Å². The lowest BCUT2D eigenvalue weighted by Crippen LogP contribution is -2.22. The third-order valence-electron chi connectivity index (χ3n) is 2.06. The molecule has 0 heterocycles. The number of hydrogen-bond donors (Lipinski definition) is 0. The number of rotatable bonds is 12. The van der Waals surface area contributed by atoms with Gasteiger partial charge in [0.1, 0.15) is 0 Å². The maximum absolute atomic E-state index is 11.1. The Labute approximate surface area is 126 Å². The molecule has 0 fully saturated rings. The van der Waals surface area contributed by atoms with Crippen molar-refractivity contribution < 1.29 is 14.3 Å². The molecular weight excluding hydrogens is 433 g/mol. The summed E-state index contributed by atoms with van der Waals surface area (Å²) in [6.45, 7) is 1.05. The van der Waals surface area contributed by atoms with Gasteiger partial charge >= 0.3 is 7.32 Å². The average Bonchev–Trinajstić information content (AvgIpc) is 2.28. The fourth-order valence-electron chi connectivity index (χ4n) is 1.15. The van der Waals surface area contributed by atoms with Crippen molar-refractivity contribution in [3.8, 4) is 0 Å². The average molecular weight is 453 g/mol. The van der Waals surface area contributed by atoms with Gasteiger partial charge in [-0.3, -0.25) is 0 Å². The molecule has 95 valence electrons. The van der Waals surface area contributed by atoms with E-state index in [0.29, 0.717) is 13.2 Å². The molecule has 6 heteroatoms. The van der Waals surface area contributed by atoms with Crippen LogP contribution < -0.4 is 0 Å². The van der Waals surface area contributed by atoms with Crippen LogP contribution in [0.15, 0.2) is 0 Å². The molecule has 0 spiro atoms. The molecule has 0 rings (SSSR count). The Hall–Kier alpha value is 1.40. The first-order valence-electron chi connectivity index (χ1n) is 5.82. The molecule has 0 aromatic rings. The minimum atomic E-state index is -1.28. The van der Waals surface area contributed by atoms with Crippen LogP contribution in [0.3, 0.4) is 0 Å². The largest absolute Gasteiger partial charge is 0.666 e. The van der Waals surface area contributed by atoms with Crippen molar-refractivity contribution in [1.29, 1.82) is 0 Å². The van der Waals surface area contributed by atoms with E-state index in [1.54, 1.807) is 0 Å². The minimum Gasteiger partial charge on any atom is -0.384 e. The maximum atomic E-state index is 11.1. The molecule has 0 saturated heterocycles. The van der Waals surface area contributed by atoms with Crippen LogP contribution in [0.5, 0.6) is 0 Å². The lowest BCUT2D eigenvalue weighted by molar-refractivity contribution is 0.105. The minimum absolute atomic E-state index is 0.526. The number of unbranched alkanes of at least 4 members (excludes halogenated alkanes) is 4. The summed E-state index contributed by atoms with van der Waals surface area (Å²) >= 11 is 4.71. The van der Waals surface area contributed by atoms with Gasteiger partial charge in [-0.05, 0) is 34.5 Å². The monoisotopic (exact) mass is 453 g/mol. The summed E-state index contributed by atoms with van der Waals surface area (Å²) in [5.41, 5.74) is 0. The lowest BCUT2D eigenvalue weighted by atomic mass is 10.2. The Balaban J connectivity index is 3.09. The Kier molecular flexibility index (Phi) is 15.7. The van der Waals surface area contributed by atoms with Crippen molar-refractivity contribution in [2.75, 3.05) is 22.1 Å². The van der Waals surface area contributed by atoms with E-state index in [-0.39, 0.29) is 0 Å². The predicted octanol–water partition coefficient (Wildman–Crippen LogP) is 3.65. The Morgan fingerprint density at radius 3 is 1.56 bits per heavy atom. The molecule has 0 aromatic carbocycles. The van der Waals surface area contributed by atoms with Crippen LogP contribution in [0.1, 0.15) is 38.5 Å². The first-order valence-corrected chi connectivity index (χ1v) is 8.87. The smallest absolute Gasteiger partial charge is 0.384 e. The molecule has 0 atom stereocenters. The summed E-state index contributed by atoms with van der Waals surface area (Å²) in [5, 5.41) is 11.1. The van der Waals surface area contributed by atoms with E-state index in [2.05, 4.69) is 45.2 Å². The maximum Gasteiger partial charge on any atom is 0.666 e.